The van der Waals surface area contributed by atoms with Crippen LogP contribution in [0.5, 0.6) is 0 Å². The van der Waals surface area contributed by atoms with Crippen molar-refractivity contribution >= 4 is 21.6 Å². The van der Waals surface area contributed by atoms with E-state index in [0.717, 1.165) is 48.3 Å². The molecule has 0 unspecified atom stereocenters. The van der Waals surface area contributed by atoms with Crippen LogP contribution >= 0.6 is 0 Å². The number of fused-ring (bicyclic) bond motifs is 1. The fraction of sp³-hybridized carbons (Fsp3) is 0.200. The maximum absolute atomic E-state index is 12.7. The first kappa shape index (κ1) is 19.3. The van der Waals surface area contributed by atoms with Gasteiger partial charge in [-0.05, 0) is 55.7 Å². The van der Waals surface area contributed by atoms with Gasteiger partial charge in [-0.3, -0.25) is 4.79 Å². The lowest BCUT2D eigenvalue weighted by molar-refractivity contribution is 0.102. The fourth-order valence-corrected chi connectivity index (χ4v) is 4.08. The second kappa shape index (κ2) is 7.40. The Morgan fingerprint density at radius 3 is 2.38 bits per heavy atom. The van der Waals surface area contributed by atoms with Crippen molar-refractivity contribution in [2.45, 2.75) is 29.9 Å². The minimum absolute atomic E-state index is 0.158. The lowest BCUT2D eigenvalue weighted by atomic mass is 10.2. The first-order valence-electron chi connectivity index (χ1n) is 8.97. The smallest absolute Gasteiger partial charge is 0.306 e. The number of aromatic nitrogens is 2. The summed E-state index contributed by atoms with van der Waals surface area (Å²) in [5.74, 6) is -3.42. The first-order chi connectivity index (χ1) is 13.9. The highest BCUT2D eigenvalue weighted by molar-refractivity contribution is 7.91. The summed E-state index contributed by atoms with van der Waals surface area (Å²) in [4.78, 5) is 12.2. The Balaban J connectivity index is 1.64. The van der Waals surface area contributed by atoms with E-state index in [9.17, 15) is 22.0 Å². The summed E-state index contributed by atoms with van der Waals surface area (Å²) in [6.45, 7) is 0. The number of hydrogen-bond acceptors (Lipinski definition) is 4. The number of aryl methyl sites for hydroxylation is 1. The Morgan fingerprint density at radius 1 is 1.03 bits per heavy atom. The maximum atomic E-state index is 12.7. The lowest BCUT2D eigenvalue weighted by Crippen LogP contribution is -2.17. The molecule has 0 bridgehead atoms. The number of para-hydroxylation sites is 1. The fourth-order valence-electron chi connectivity index (χ4n) is 3.35. The topological polar surface area (TPSA) is 81.1 Å². The number of anilines is 1. The van der Waals surface area contributed by atoms with Crippen LogP contribution in [0.4, 0.5) is 14.6 Å². The third-order valence-corrected chi connectivity index (χ3v) is 6.22. The second-order valence-electron chi connectivity index (χ2n) is 6.66. The molecule has 4 rings (SSSR count). The number of halogens is 2. The van der Waals surface area contributed by atoms with Crippen LogP contribution in [-0.4, -0.2) is 29.9 Å². The molecule has 2 aromatic carbocycles. The molecule has 29 heavy (non-hydrogen) atoms. The summed E-state index contributed by atoms with van der Waals surface area (Å²) in [6.07, 6.45) is 2.58. The first-order valence-corrected chi connectivity index (χ1v) is 10.5. The summed E-state index contributed by atoms with van der Waals surface area (Å²) in [5.41, 5.74) is 2.86. The van der Waals surface area contributed by atoms with Crippen molar-refractivity contribution in [3.63, 3.8) is 0 Å². The monoisotopic (exact) mass is 417 g/mol. The molecule has 6 nitrogen and oxygen atoms in total. The van der Waals surface area contributed by atoms with Gasteiger partial charge in [0.2, 0.25) is 9.84 Å². The Kier molecular flexibility index (Phi) is 4.91. The van der Waals surface area contributed by atoms with Gasteiger partial charge in [-0.15, -0.1) is 0 Å². The Hall–Kier alpha value is -3.07. The van der Waals surface area contributed by atoms with Gasteiger partial charge in [-0.1, -0.05) is 18.2 Å². The molecule has 9 heteroatoms. The van der Waals surface area contributed by atoms with Crippen LogP contribution < -0.4 is 5.32 Å². The number of nitrogens with one attached hydrogen (secondary N) is 1. The third-order valence-electron chi connectivity index (χ3n) is 4.82. The lowest BCUT2D eigenvalue weighted by Gasteiger charge is -2.11. The van der Waals surface area contributed by atoms with Crippen LogP contribution in [0.2, 0.25) is 0 Å². The zero-order valence-electron chi connectivity index (χ0n) is 15.2. The van der Waals surface area contributed by atoms with Crippen LogP contribution in [-0.2, 0) is 22.7 Å². The number of benzene rings is 2. The van der Waals surface area contributed by atoms with Gasteiger partial charge in [-0.25, -0.2) is 13.1 Å². The molecule has 1 aromatic heterocycles. The van der Waals surface area contributed by atoms with Crippen molar-refractivity contribution in [1.29, 1.82) is 0 Å². The van der Waals surface area contributed by atoms with Crippen molar-refractivity contribution in [3.05, 3.63) is 71.4 Å². The molecule has 1 N–H and O–H groups in total. The van der Waals surface area contributed by atoms with Crippen LogP contribution in [0, 0.1) is 0 Å². The molecule has 0 aliphatic heterocycles. The molecule has 0 radical (unpaired) electrons. The molecule has 1 heterocycles. The van der Waals surface area contributed by atoms with E-state index in [1.54, 1.807) is 4.68 Å². The number of carbonyl (C=O) groups excluding carboxylic acids is 1. The highest BCUT2D eigenvalue weighted by atomic mass is 32.2. The summed E-state index contributed by atoms with van der Waals surface area (Å²) >= 11 is 0. The van der Waals surface area contributed by atoms with Crippen LogP contribution in [0.1, 0.15) is 28.0 Å². The minimum atomic E-state index is -4.70. The normalized spacial score (nSPS) is 13.5. The van der Waals surface area contributed by atoms with Crippen molar-refractivity contribution in [3.8, 4) is 5.69 Å². The van der Waals surface area contributed by atoms with Gasteiger partial charge >= 0.3 is 5.76 Å². The molecule has 0 atom stereocenters. The molecule has 1 aliphatic rings. The van der Waals surface area contributed by atoms with Crippen molar-refractivity contribution < 1.29 is 22.0 Å². The van der Waals surface area contributed by atoms with E-state index in [-0.39, 0.29) is 5.56 Å². The highest BCUT2D eigenvalue weighted by Gasteiger charge is 2.27. The summed E-state index contributed by atoms with van der Waals surface area (Å²) in [6, 6.07) is 13.8. The number of amides is 1. The average Bonchev–Trinajstić information content (AvgIpc) is 3.31. The molecule has 3 aromatic rings. The van der Waals surface area contributed by atoms with E-state index in [2.05, 4.69) is 10.4 Å². The van der Waals surface area contributed by atoms with Crippen molar-refractivity contribution in [1.82, 2.24) is 9.78 Å². The summed E-state index contributed by atoms with van der Waals surface area (Å²) < 4.78 is 50.1. The number of nitrogens with zero attached hydrogens (tertiary/aromatic N) is 2. The second-order valence-corrected chi connectivity index (χ2v) is 8.58. The van der Waals surface area contributed by atoms with E-state index in [0.29, 0.717) is 5.82 Å². The van der Waals surface area contributed by atoms with Gasteiger partial charge in [-0.2, -0.15) is 13.9 Å². The molecular formula is C20H17F2N3O3S. The zero-order valence-corrected chi connectivity index (χ0v) is 16.0. The average molecular weight is 417 g/mol. The molecule has 150 valence electrons. The Bertz CT molecular complexity index is 1160. The highest BCUT2D eigenvalue weighted by Crippen LogP contribution is 2.31. The molecule has 0 saturated carbocycles. The predicted molar refractivity (Wildman–Crippen MR) is 103 cm³/mol. The number of sulfone groups is 1. The van der Waals surface area contributed by atoms with Gasteiger partial charge < -0.3 is 5.32 Å². The zero-order chi connectivity index (χ0) is 20.6. The molecule has 1 aliphatic carbocycles. The van der Waals surface area contributed by atoms with Gasteiger partial charge in [0.15, 0.2) is 0 Å². The minimum Gasteiger partial charge on any atom is -0.306 e. The Morgan fingerprint density at radius 2 is 1.72 bits per heavy atom. The molecular weight excluding hydrogens is 400 g/mol. The standard InChI is InChI=1S/C20H17F2N3O3S/c21-20(22)29(27,28)15-11-9-13(10-12-15)19(26)23-18-16-7-4-8-17(16)24-25(18)14-5-2-1-3-6-14/h1-3,5-6,9-12,20H,4,7-8H2,(H,23,26). The van der Waals surface area contributed by atoms with Gasteiger partial charge in [0.1, 0.15) is 5.82 Å². The quantitative estimate of drug-likeness (QED) is 0.688. The molecule has 0 fully saturated rings. The van der Waals surface area contributed by atoms with Crippen LogP contribution in [0.3, 0.4) is 0 Å². The van der Waals surface area contributed by atoms with Gasteiger partial charge in [0.25, 0.3) is 5.91 Å². The van der Waals surface area contributed by atoms with Crippen molar-refractivity contribution in [2.24, 2.45) is 0 Å². The largest absolute Gasteiger partial charge is 0.341 e. The summed E-state index contributed by atoms with van der Waals surface area (Å²) in [5, 5.41) is 7.46. The van der Waals surface area contributed by atoms with E-state index >= 15 is 0 Å². The summed E-state index contributed by atoms with van der Waals surface area (Å²) in [7, 11) is -4.70. The molecule has 1 amide bonds. The van der Waals surface area contributed by atoms with Gasteiger partial charge in [0, 0.05) is 11.1 Å². The van der Waals surface area contributed by atoms with Crippen LogP contribution in [0.25, 0.3) is 5.69 Å². The SMILES string of the molecule is O=C(Nc1c2c(nn1-c1ccccc1)CCC2)c1ccc(S(=O)(=O)C(F)F)cc1. The van der Waals surface area contributed by atoms with E-state index < -0.39 is 26.4 Å². The van der Waals surface area contributed by atoms with E-state index in [1.165, 1.54) is 12.1 Å². The van der Waals surface area contributed by atoms with Crippen molar-refractivity contribution in [2.75, 3.05) is 5.32 Å². The van der Waals surface area contributed by atoms with Gasteiger partial charge in [0.05, 0.1) is 16.3 Å². The number of carbonyl (C=O) groups is 1. The number of rotatable bonds is 5. The van der Waals surface area contributed by atoms with E-state index in [4.69, 9.17) is 0 Å². The third kappa shape index (κ3) is 3.53. The maximum Gasteiger partial charge on any atom is 0.341 e. The van der Waals surface area contributed by atoms with E-state index in [1.807, 2.05) is 30.3 Å². The number of hydrogen-bond donors (Lipinski definition) is 1. The predicted octanol–water partition coefficient (Wildman–Crippen LogP) is 3.61. The Labute approximate surface area is 166 Å². The van der Waals surface area contributed by atoms with Crippen LogP contribution in [0.15, 0.2) is 59.5 Å². The molecule has 0 spiro atoms. The number of alkyl halides is 2. The molecule has 0 saturated heterocycles.